The maximum atomic E-state index is 10.8. The highest BCUT2D eigenvalue weighted by molar-refractivity contribution is 8.00. The van der Waals surface area contributed by atoms with Crippen molar-refractivity contribution in [2.24, 2.45) is 0 Å². The number of hydrogen-bond donors (Lipinski definition) is 1. The minimum absolute atomic E-state index is 0.181. The van der Waals surface area contributed by atoms with Gasteiger partial charge in [0.15, 0.2) is 0 Å². The minimum Gasteiger partial charge on any atom is -0.385 e. The molecule has 1 aliphatic rings. The molecule has 1 aromatic heterocycles. The highest BCUT2D eigenvalue weighted by Gasteiger charge is 2.45. The van der Waals surface area contributed by atoms with Crippen LogP contribution in [0.1, 0.15) is 10.1 Å². The zero-order chi connectivity index (χ0) is 10.1. The zero-order valence-corrected chi connectivity index (χ0v) is 8.83. The van der Waals surface area contributed by atoms with Crippen molar-refractivity contribution in [3.63, 3.8) is 0 Å². The summed E-state index contributed by atoms with van der Waals surface area (Å²) in [6, 6.07) is 2.91. The van der Waals surface area contributed by atoms with Crippen LogP contribution < -0.4 is 0 Å². The summed E-state index contributed by atoms with van der Waals surface area (Å²) < 4.78 is 0. The largest absolute Gasteiger partial charge is 0.385 e. The molecule has 1 aromatic rings. The molecular weight excluding hydrogens is 222 g/mol. The number of aliphatic hydroxyl groups excluding tert-OH is 1. The van der Waals surface area contributed by atoms with Crippen molar-refractivity contribution in [1.82, 2.24) is 0 Å². The van der Waals surface area contributed by atoms with Crippen LogP contribution in [0.4, 0.5) is 0 Å². The molecule has 4 nitrogen and oxygen atoms in total. The van der Waals surface area contributed by atoms with Crippen molar-refractivity contribution in [2.45, 2.75) is 17.4 Å². The SMILES string of the molecule is O=[N+]([O-])[C@H]1C(O)CS[C@@H]1c1cccs1. The lowest BCUT2D eigenvalue weighted by molar-refractivity contribution is -0.531. The Morgan fingerprint density at radius 2 is 2.43 bits per heavy atom. The first-order chi connectivity index (χ1) is 6.70. The Morgan fingerprint density at radius 1 is 1.64 bits per heavy atom. The summed E-state index contributed by atoms with van der Waals surface area (Å²) in [5.74, 6) is 0.453. The molecule has 0 aromatic carbocycles. The minimum atomic E-state index is -0.848. The predicted octanol–water partition coefficient (Wildman–Crippen LogP) is 1.54. The first-order valence-corrected chi connectivity index (χ1v) is 6.09. The molecule has 0 spiro atoms. The van der Waals surface area contributed by atoms with Gasteiger partial charge in [-0.2, -0.15) is 0 Å². The van der Waals surface area contributed by atoms with Gasteiger partial charge in [0.2, 0.25) is 0 Å². The molecule has 1 unspecified atom stereocenters. The number of rotatable bonds is 2. The van der Waals surface area contributed by atoms with Gasteiger partial charge in [-0.05, 0) is 11.4 Å². The molecule has 6 heteroatoms. The number of nitro groups is 1. The smallest absolute Gasteiger partial charge is 0.255 e. The fourth-order valence-corrected chi connectivity index (χ4v) is 3.99. The van der Waals surface area contributed by atoms with E-state index in [1.807, 2.05) is 17.5 Å². The molecule has 3 atom stereocenters. The van der Waals surface area contributed by atoms with E-state index in [0.29, 0.717) is 5.75 Å². The maximum Gasteiger partial charge on any atom is 0.255 e. The van der Waals surface area contributed by atoms with E-state index in [2.05, 4.69) is 0 Å². The average Bonchev–Trinajstić information content (AvgIpc) is 2.70. The fraction of sp³-hybridized carbons (Fsp3) is 0.500. The third-order valence-corrected chi connectivity index (χ3v) is 4.75. The molecule has 1 fully saturated rings. The Labute approximate surface area is 89.1 Å². The third kappa shape index (κ3) is 1.65. The Balaban J connectivity index is 2.24. The summed E-state index contributed by atoms with van der Waals surface area (Å²) in [6.07, 6.45) is -0.818. The Kier molecular flexibility index (Phi) is 2.76. The Bertz CT molecular complexity index is 327. The lowest BCUT2D eigenvalue weighted by Crippen LogP contribution is -2.33. The molecule has 0 bridgehead atoms. The fourth-order valence-electron chi connectivity index (χ4n) is 1.56. The van der Waals surface area contributed by atoms with E-state index in [-0.39, 0.29) is 10.2 Å². The van der Waals surface area contributed by atoms with Crippen LogP contribution >= 0.6 is 23.1 Å². The molecule has 2 rings (SSSR count). The van der Waals surface area contributed by atoms with E-state index < -0.39 is 12.1 Å². The van der Waals surface area contributed by atoms with E-state index in [1.165, 1.54) is 23.1 Å². The lowest BCUT2D eigenvalue weighted by atomic mass is 10.1. The van der Waals surface area contributed by atoms with Crippen LogP contribution in [0.15, 0.2) is 17.5 Å². The van der Waals surface area contributed by atoms with Crippen LogP contribution in [0, 0.1) is 10.1 Å². The van der Waals surface area contributed by atoms with Crippen molar-refractivity contribution >= 4 is 23.1 Å². The van der Waals surface area contributed by atoms with Gasteiger partial charge in [0.1, 0.15) is 11.4 Å². The van der Waals surface area contributed by atoms with Gasteiger partial charge in [-0.3, -0.25) is 10.1 Å². The Morgan fingerprint density at radius 3 is 3.00 bits per heavy atom. The van der Waals surface area contributed by atoms with Gasteiger partial charge in [0.25, 0.3) is 6.04 Å². The van der Waals surface area contributed by atoms with Gasteiger partial charge in [0.05, 0.1) is 0 Å². The van der Waals surface area contributed by atoms with Crippen LogP contribution in [0.5, 0.6) is 0 Å². The molecular formula is C8H9NO3S2. The van der Waals surface area contributed by atoms with E-state index in [1.54, 1.807) is 0 Å². The molecule has 14 heavy (non-hydrogen) atoms. The van der Waals surface area contributed by atoms with Gasteiger partial charge in [-0.15, -0.1) is 23.1 Å². The molecule has 2 heterocycles. The summed E-state index contributed by atoms with van der Waals surface area (Å²) in [5.41, 5.74) is 0. The summed E-state index contributed by atoms with van der Waals surface area (Å²) in [4.78, 5) is 11.4. The normalized spacial score (nSPS) is 31.9. The van der Waals surface area contributed by atoms with Gasteiger partial charge in [-0.25, -0.2) is 0 Å². The molecule has 1 saturated heterocycles. The highest BCUT2D eigenvalue weighted by atomic mass is 32.2. The van der Waals surface area contributed by atoms with E-state index in [4.69, 9.17) is 0 Å². The summed E-state index contributed by atoms with van der Waals surface area (Å²) >= 11 is 2.97. The van der Waals surface area contributed by atoms with E-state index >= 15 is 0 Å². The molecule has 0 saturated carbocycles. The first-order valence-electron chi connectivity index (χ1n) is 4.16. The van der Waals surface area contributed by atoms with Gasteiger partial charge >= 0.3 is 0 Å². The molecule has 1 N–H and O–H groups in total. The molecule has 0 aliphatic carbocycles. The quantitative estimate of drug-likeness (QED) is 0.619. The number of thiophene rings is 1. The lowest BCUT2D eigenvalue weighted by Gasteiger charge is -2.11. The predicted molar refractivity (Wildman–Crippen MR) is 56.3 cm³/mol. The van der Waals surface area contributed by atoms with Crippen molar-refractivity contribution < 1.29 is 10.0 Å². The molecule has 1 aliphatic heterocycles. The van der Waals surface area contributed by atoms with Crippen LogP contribution in [0.25, 0.3) is 0 Å². The number of thioether (sulfide) groups is 1. The molecule has 0 amide bonds. The van der Waals surface area contributed by atoms with Crippen molar-refractivity contribution in [3.8, 4) is 0 Å². The monoisotopic (exact) mass is 231 g/mol. The summed E-state index contributed by atoms with van der Waals surface area (Å²) in [5, 5.41) is 21.9. The second kappa shape index (κ2) is 3.88. The van der Waals surface area contributed by atoms with Gasteiger partial charge < -0.3 is 5.11 Å². The second-order valence-electron chi connectivity index (χ2n) is 3.11. The van der Waals surface area contributed by atoms with Gasteiger partial charge in [0, 0.05) is 15.6 Å². The number of nitrogens with zero attached hydrogens (tertiary/aromatic N) is 1. The number of hydrogen-bond acceptors (Lipinski definition) is 5. The maximum absolute atomic E-state index is 10.8. The summed E-state index contributed by atoms with van der Waals surface area (Å²) in [7, 11) is 0. The molecule has 76 valence electrons. The average molecular weight is 231 g/mol. The van der Waals surface area contributed by atoms with Crippen LogP contribution in [-0.4, -0.2) is 27.9 Å². The Hall–Kier alpha value is -0.590. The summed E-state index contributed by atoms with van der Waals surface area (Å²) in [6.45, 7) is 0. The zero-order valence-electron chi connectivity index (χ0n) is 7.20. The topological polar surface area (TPSA) is 63.4 Å². The van der Waals surface area contributed by atoms with Crippen molar-refractivity contribution in [1.29, 1.82) is 0 Å². The van der Waals surface area contributed by atoms with Crippen LogP contribution in [-0.2, 0) is 0 Å². The highest BCUT2D eigenvalue weighted by Crippen LogP contribution is 2.43. The van der Waals surface area contributed by atoms with E-state index in [0.717, 1.165) is 4.88 Å². The van der Waals surface area contributed by atoms with E-state index in [9.17, 15) is 15.2 Å². The van der Waals surface area contributed by atoms with Crippen LogP contribution in [0.2, 0.25) is 0 Å². The van der Waals surface area contributed by atoms with Crippen molar-refractivity contribution in [2.75, 3.05) is 5.75 Å². The third-order valence-electron chi connectivity index (χ3n) is 2.22. The molecule has 0 radical (unpaired) electrons. The number of aliphatic hydroxyl groups is 1. The first kappa shape index (κ1) is 9.95. The standard InChI is InChI=1S/C8H9NO3S2/c10-5-4-14-8(7(5)9(11)12)6-2-1-3-13-6/h1-3,5,7-8,10H,4H2/t5?,7-,8+/m0/s1. The van der Waals surface area contributed by atoms with Crippen molar-refractivity contribution in [3.05, 3.63) is 32.5 Å². The van der Waals surface area contributed by atoms with Gasteiger partial charge in [-0.1, -0.05) is 6.07 Å². The van der Waals surface area contributed by atoms with Crippen LogP contribution in [0.3, 0.4) is 0 Å². The second-order valence-corrected chi connectivity index (χ2v) is 5.27.